The number of hydrogen-bond acceptors (Lipinski definition) is 7. The van der Waals surface area contributed by atoms with Gasteiger partial charge < -0.3 is 29.9 Å². The van der Waals surface area contributed by atoms with Crippen molar-refractivity contribution >= 4 is 0 Å². The van der Waals surface area contributed by atoms with Crippen molar-refractivity contribution in [3.63, 3.8) is 0 Å². The average Bonchev–Trinajstić information content (AvgIpc) is 3.22. The average molecular weight is 523 g/mol. The van der Waals surface area contributed by atoms with Crippen LogP contribution in [0.15, 0.2) is 54.6 Å². The van der Waals surface area contributed by atoms with Crippen molar-refractivity contribution in [2.45, 2.75) is 63.2 Å². The zero-order valence-corrected chi connectivity index (χ0v) is 20.2. The maximum Gasteiger partial charge on any atom is 0.417 e. The molecule has 1 aromatic heterocycles. The third-order valence-electron chi connectivity index (χ3n) is 6.25. The number of rotatable bonds is 7. The first kappa shape index (κ1) is 27.1. The molecule has 1 saturated heterocycles. The van der Waals surface area contributed by atoms with Gasteiger partial charge in [-0.25, -0.2) is 0 Å². The van der Waals surface area contributed by atoms with Crippen LogP contribution in [-0.2, 0) is 17.3 Å². The Kier molecular flexibility index (Phi) is 7.91. The van der Waals surface area contributed by atoms with Crippen LogP contribution in [0.3, 0.4) is 0 Å². The number of aliphatic hydroxyl groups is 4. The minimum atomic E-state index is -4.63. The molecule has 4 N–H and O–H groups in total. The van der Waals surface area contributed by atoms with Gasteiger partial charge in [0.2, 0.25) is 12.2 Å². The number of nitrogens with zero attached hydrogens (tertiary/aromatic N) is 2. The molecule has 0 radical (unpaired) electrons. The molecule has 0 unspecified atom stereocenters. The van der Waals surface area contributed by atoms with Crippen LogP contribution in [0.25, 0.3) is 11.3 Å². The Morgan fingerprint density at radius 2 is 1.62 bits per heavy atom. The standard InChI is InChI=1S/C26H29F3N2O6/c1-14(2)31-20(16-10-6-7-11-18(16)26(27,28)29)17(12-15-8-4-3-5-9-15)24(30-31)37-25-23(35)22(34)21(33)19(13-32)36-25/h3-11,14,19,21-23,25,32-35H,12-13H2,1-2H3/t19-,21-,22+,23-,25+/m1/s1. The number of benzene rings is 2. The lowest BCUT2D eigenvalue weighted by atomic mass is 9.96. The number of alkyl halides is 3. The molecule has 2 aromatic carbocycles. The molecular weight excluding hydrogens is 493 g/mol. The molecule has 37 heavy (non-hydrogen) atoms. The quantitative estimate of drug-likeness (QED) is 0.377. The molecule has 5 atom stereocenters. The van der Waals surface area contributed by atoms with Crippen molar-refractivity contribution in [3.05, 3.63) is 71.3 Å². The zero-order chi connectivity index (χ0) is 26.9. The van der Waals surface area contributed by atoms with Gasteiger partial charge in [0.1, 0.15) is 24.4 Å². The van der Waals surface area contributed by atoms with E-state index in [1.54, 1.807) is 26.0 Å². The first-order valence-corrected chi connectivity index (χ1v) is 11.8. The van der Waals surface area contributed by atoms with Gasteiger partial charge in [-0.2, -0.15) is 13.2 Å². The van der Waals surface area contributed by atoms with E-state index in [0.29, 0.717) is 5.56 Å². The molecule has 0 amide bonds. The Balaban J connectivity index is 1.88. The van der Waals surface area contributed by atoms with Crippen molar-refractivity contribution in [2.75, 3.05) is 6.61 Å². The van der Waals surface area contributed by atoms with E-state index >= 15 is 0 Å². The van der Waals surface area contributed by atoms with Crippen molar-refractivity contribution < 1.29 is 43.1 Å². The van der Waals surface area contributed by atoms with Gasteiger partial charge in [-0.1, -0.05) is 48.5 Å². The Morgan fingerprint density at radius 3 is 2.24 bits per heavy atom. The lowest BCUT2D eigenvalue weighted by Gasteiger charge is -2.39. The third-order valence-corrected chi connectivity index (χ3v) is 6.25. The molecule has 3 aromatic rings. The summed E-state index contributed by atoms with van der Waals surface area (Å²) < 4.78 is 54.8. The van der Waals surface area contributed by atoms with Gasteiger partial charge in [0, 0.05) is 23.6 Å². The largest absolute Gasteiger partial charge is 0.443 e. The molecule has 200 valence electrons. The van der Waals surface area contributed by atoms with E-state index in [1.807, 2.05) is 18.2 Å². The van der Waals surface area contributed by atoms with Crippen LogP contribution in [0.2, 0.25) is 0 Å². The minimum absolute atomic E-state index is 0.0919. The summed E-state index contributed by atoms with van der Waals surface area (Å²) in [5, 5.41) is 44.7. The van der Waals surface area contributed by atoms with Gasteiger partial charge in [-0.05, 0) is 25.5 Å². The van der Waals surface area contributed by atoms with Gasteiger partial charge >= 0.3 is 6.18 Å². The van der Waals surface area contributed by atoms with Crippen LogP contribution >= 0.6 is 0 Å². The number of hydrogen-bond donors (Lipinski definition) is 4. The molecule has 8 nitrogen and oxygen atoms in total. The predicted molar refractivity (Wildman–Crippen MR) is 127 cm³/mol. The maximum absolute atomic E-state index is 14.0. The lowest BCUT2D eigenvalue weighted by Crippen LogP contribution is -2.60. The van der Waals surface area contributed by atoms with Crippen molar-refractivity contribution in [3.8, 4) is 17.1 Å². The van der Waals surface area contributed by atoms with Crippen LogP contribution in [0.1, 0.15) is 36.6 Å². The maximum atomic E-state index is 14.0. The van der Waals surface area contributed by atoms with Gasteiger partial charge in [0.15, 0.2) is 0 Å². The van der Waals surface area contributed by atoms with Gasteiger partial charge in [0.05, 0.1) is 17.9 Å². The molecular formula is C26H29F3N2O6. The topological polar surface area (TPSA) is 117 Å². The number of halogens is 3. The predicted octanol–water partition coefficient (Wildman–Crippen LogP) is 2.92. The van der Waals surface area contributed by atoms with E-state index in [2.05, 4.69) is 5.10 Å². The Labute approximate surface area is 211 Å². The van der Waals surface area contributed by atoms with Crippen molar-refractivity contribution in [1.82, 2.24) is 9.78 Å². The summed E-state index contributed by atoms with van der Waals surface area (Å²) in [5.41, 5.74) is 0.339. The first-order valence-electron chi connectivity index (χ1n) is 11.8. The molecule has 1 aliphatic heterocycles. The fourth-order valence-corrected chi connectivity index (χ4v) is 4.37. The summed E-state index contributed by atoms with van der Waals surface area (Å²) in [7, 11) is 0. The van der Waals surface area contributed by atoms with Gasteiger partial charge in [-0.3, -0.25) is 4.68 Å². The minimum Gasteiger partial charge on any atom is -0.443 e. The molecule has 0 spiro atoms. The molecule has 1 fully saturated rings. The summed E-state index contributed by atoms with van der Waals surface area (Å²) in [5.74, 6) is -0.103. The monoisotopic (exact) mass is 522 g/mol. The summed E-state index contributed by atoms with van der Waals surface area (Å²) in [6, 6.07) is 13.8. The second kappa shape index (κ2) is 10.8. The second-order valence-electron chi connectivity index (χ2n) is 9.19. The fraction of sp³-hybridized carbons (Fsp3) is 0.423. The van der Waals surface area contributed by atoms with Gasteiger partial charge in [0.25, 0.3) is 0 Å². The zero-order valence-electron chi connectivity index (χ0n) is 20.2. The van der Waals surface area contributed by atoms with E-state index in [1.165, 1.54) is 22.9 Å². The summed E-state index contributed by atoms with van der Waals surface area (Å²) >= 11 is 0. The Hall–Kier alpha value is -2.96. The summed E-state index contributed by atoms with van der Waals surface area (Å²) in [6.45, 7) is 2.86. The van der Waals surface area contributed by atoms with E-state index in [9.17, 15) is 33.6 Å². The van der Waals surface area contributed by atoms with E-state index in [-0.39, 0.29) is 29.6 Å². The van der Waals surface area contributed by atoms with Crippen LogP contribution in [0, 0.1) is 0 Å². The second-order valence-corrected chi connectivity index (χ2v) is 9.19. The summed E-state index contributed by atoms with van der Waals surface area (Å²) in [4.78, 5) is 0. The molecule has 1 aliphatic rings. The fourth-order valence-electron chi connectivity index (χ4n) is 4.37. The van der Waals surface area contributed by atoms with Gasteiger partial charge in [-0.15, -0.1) is 5.10 Å². The Bertz CT molecular complexity index is 1200. The summed E-state index contributed by atoms with van der Waals surface area (Å²) in [6.07, 6.45) is -12.3. The lowest BCUT2D eigenvalue weighted by molar-refractivity contribution is -0.278. The highest BCUT2D eigenvalue weighted by atomic mass is 19.4. The number of ether oxygens (including phenoxy) is 2. The number of aliphatic hydroxyl groups excluding tert-OH is 4. The third kappa shape index (κ3) is 5.51. The highest BCUT2D eigenvalue weighted by Crippen LogP contribution is 2.42. The van der Waals surface area contributed by atoms with Crippen LogP contribution in [0.4, 0.5) is 13.2 Å². The highest BCUT2D eigenvalue weighted by Gasteiger charge is 2.45. The van der Waals surface area contributed by atoms with Crippen LogP contribution in [-0.4, -0.2) is 67.5 Å². The molecule has 4 rings (SSSR count). The Morgan fingerprint density at radius 1 is 0.973 bits per heavy atom. The van der Waals surface area contributed by atoms with E-state index in [4.69, 9.17) is 9.47 Å². The SMILES string of the molecule is CC(C)n1nc(O[C@@H]2O[C@H](CO)[C@@H](O)[C@H](O)[C@H]2O)c(Cc2ccccc2)c1-c1ccccc1C(F)(F)F. The molecule has 0 saturated carbocycles. The molecule has 11 heteroatoms. The smallest absolute Gasteiger partial charge is 0.417 e. The normalized spacial score (nSPS) is 24.4. The number of aromatic nitrogens is 2. The van der Waals surface area contributed by atoms with Crippen molar-refractivity contribution in [2.24, 2.45) is 0 Å². The molecule has 2 heterocycles. The van der Waals surface area contributed by atoms with Crippen LogP contribution < -0.4 is 4.74 Å². The van der Waals surface area contributed by atoms with E-state index < -0.39 is 49.1 Å². The molecule has 0 bridgehead atoms. The van der Waals surface area contributed by atoms with E-state index in [0.717, 1.165) is 11.6 Å². The first-order chi connectivity index (χ1) is 17.5. The van der Waals surface area contributed by atoms with Crippen LogP contribution in [0.5, 0.6) is 5.88 Å². The molecule has 0 aliphatic carbocycles. The van der Waals surface area contributed by atoms with Crippen molar-refractivity contribution in [1.29, 1.82) is 0 Å². The highest BCUT2D eigenvalue weighted by molar-refractivity contribution is 5.71.